The van der Waals surface area contributed by atoms with Gasteiger partial charge in [-0.05, 0) is 24.3 Å². The maximum absolute atomic E-state index is 13.7. The second-order valence-corrected chi connectivity index (χ2v) is 6.23. The number of amides is 1. The van der Waals surface area contributed by atoms with Crippen molar-refractivity contribution < 1.29 is 17.6 Å². The van der Waals surface area contributed by atoms with Gasteiger partial charge in [-0.15, -0.1) is 6.58 Å². The second-order valence-electron chi connectivity index (χ2n) is 4.58. The van der Waals surface area contributed by atoms with Crippen LogP contribution in [0.25, 0.3) is 0 Å². The van der Waals surface area contributed by atoms with Crippen LogP contribution in [0.15, 0.2) is 66.1 Å². The molecule has 0 saturated heterocycles. The zero-order chi connectivity index (χ0) is 16.9. The third kappa shape index (κ3) is 3.95. The van der Waals surface area contributed by atoms with E-state index in [0.717, 1.165) is 12.1 Å². The van der Waals surface area contributed by atoms with Gasteiger partial charge in [-0.1, -0.05) is 30.3 Å². The summed E-state index contributed by atoms with van der Waals surface area (Å²) in [5.41, 5.74) is 0.201. The second kappa shape index (κ2) is 7.06. The predicted molar refractivity (Wildman–Crippen MR) is 86.2 cm³/mol. The molecule has 0 aliphatic rings. The van der Waals surface area contributed by atoms with E-state index in [1.807, 2.05) is 0 Å². The van der Waals surface area contributed by atoms with Crippen LogP contribution in [0.2, 0.25) is 0 Å². The van der Waals surface area contributed by atoms with Crippen LogP contribution >= 0.6 is 0 Å². The van der Waals surface area contributed by atoms with Gasteiger partial charge in [0.15, 0.2) is 0 Å². The zero-order valence-corrected chi connectivity index (χ0v) is 12.9. The number of hydrogen-bond acceptors (Lipinski definition) is 3. The number of carbonyl (C=O) groups is 1. The number of para-hydroxylation sites is 1. The number of nitrogens with one attached hydrogen (secondary N) is 2. The van der Waals surface area contributed by atoms with Crippen molar-refractivity contribution in [1.82, 2.24) is 5.32 Å². The van der Waals surface area contributed by atoms with Gasteiger partial charge in [0.05, 0.1) is 11.3 Å². The molecular formula is C16H15FN2O3S. The van der Waals surface area contributed by atoms with E-state index in [2.05, 4.69) is 16.6 Å². The zero-order valence-electron chi connectivity index (χ0n) is 12.1. The highest BCUT2D eigenvalue weighted by Crippen LogP contribution is 2.21. The van der Waals surface area contributed by atoms with E-state index < -0.39 is 26.6 Å². The molecule has 7 heteroatoms. The first-order chi connectivity index (χ1) is 11.0. The molecule has 0 radical (unpaired) electrons. The normalized spacial score (nSPS) is 10.8. The number of anilines is 1. The molecular weight excluding hydrogens is 319 g/mol. The van der Waals surface area contributed by atoms with Gasteiger partial charge in [-0.3, -0.25) is 9.52 Å². The molecule has 0 atom stereocenters. The van der Waals surface area contributed by atoms with Crippen LogP contribution in [0, 0.1) is 5.82 Å². The van der Waals surface area contributed by atoms with Crippen LogP contribution in [-0.2, 0) is 10.0 Å². The molecule has 0 aromatic heterocycles. The van der Waals surface area contributed by atoms with Crippen molar-refractivity contribution in [2.24, 2.45) is 0 Å². The van der Waals surface area contributed by atoms with Gasteiger partial charge in [-0.25, -0.2) is 12.8 Å². The Balaban J connectivity index is 2.35. The highest BCUT2D eigenvalue weighted by Gasteiger charge is 2.21. The third-order valence-corrected chi connectivity index (χ3v) is 4.35. The predicted octanol–water partition coefficient (Wildman–Crippen LogP) is 2.54. The fourth-order valence-corrected chi connectivity index (χ4v) is 3.05. The van der Waals surface area contributed by atoms with Gasteiger partial charge < -0.3 is 5.32 Å². The smallest absolute Gasteiger partial charge is 0.264 e. The molecule has 0 bridgehead atoms. The first kappa shape index (κ1) is 16.7. The molecule has 23 heavy (non-hydrogen) atoms. The molecule has 0 aliphatic carbocycles. The van der Waals surface area contributed by atoms with E-state index in [1.165, 1.54) is 30.3 Å². The molecule has 1 amide bonds. The van der Waals surface area contributed by atoms with Crippen molar-refractivity contribution in [3.63, 3.8) is 0 Å². The molecule has 2 aromatic carbocycles. The molecule has 0 spiro atoms. The summed E-state index contributed by atoms with van der Waals surface area (Å²) in [4.78, 5) is 11.6. The van der Waals surface area contributed by atoms with Crippen molar-refractivity contribution >= 4 is 21.6 Å². The summed E-state index contributed by atoms with van der Waals surface area (Å²) in [6.45, 7) is 3.73. The van der Waals surface area contributed by atoms with Crippen LogP contribution < -0.4 is 10.0 Å². The Hall–Kier alpha value is -2.67. The molecule has 0 aliphatic heterocycles. The highest BCUT2D eigenvalue weighted by molar-refractivity contribution is 7.92. The largest absolute Gasteiger partial charge is 0.349 e. The lowest BCUT2D eigenvalue weighted by molar-refractivity contribution is 0.0959. The van der Waals surface area contributed by atoms with Gasteiger partial charge >= 0.3 is 0 Å². The van der Waals surface area contributed by atoms with E-state index in [-0.39, 0.29) is 17.8 Å². The summed E-state index contributed by atoms with van der Waals surface area (Å²) in [7, 11) is -4.15. The van der Waals surface area contributed by atoms with E-state index in [0.29, 0.717) is 0 Å². The Morgan fingerprint density at radius 2 is 1.78 bits per heavy atom. The van der Waals surface area contributed by atoms with Gasteiger partial charge in [0.25, 0.3) is 15.9 Å². The number of benzene rings is 2. The average Bonchev–Trinajstić information content (AvgIpc) is 2.53. The molecule has 5 nitrogen and oxygen atoms in total. The molecule has 0 fully saturated rings. The standard InChI is InChI=1S/C16H15FN2O3S/c1-2-11-18-16(20)12-7-3-5-9-14(12)19-23(21,22)15-10-6-4-8-13(15)17/h2-10,19H,1,11H2,(H,18,20). The van der Waals surface area contributed by atoms with Crippen molar-refractivity contribution in [3.05, 3.63) is 72.6 Å². The van der Waals surface area contributed by atoms with Crippen molar-refractivity contribution in [2.45, 2.75) is 4.90 Å². The Morgan fingerprint density at radius 1 is 1.13 bits per heavy atom. The molecule has 120 valence electrons. The maximum Gasteiger partial charge on any atom is 0.264 e. The van der Waals surface area contributed by atoms with Crippen molar-refractivity contribution in [1.29, 1.82) is 0 Å². The summed E-state index contributed by atoms with van der Waals surface area (Å²) >= 11 is 0. The van der Waals surface area contributed by atoms with Crippen molar-refractivity contribution in [3.8, 4) is 0 Å². The van der Waals surface area contributed by atoms with E-state index in [1.54, 1.807) is 12.1 Å². The minimum Gasteiger partial charge on any atom is -0.349 e. The minimum absolute atomic E-state index is 0.0670. The monoisotopic (exact) mass is 334 g/mol. The maximum atomic E-state index is 13.7. The van der Waals surface area contributed by atoms with Gasteiger partial charge in [-0.2, -0.15) is 0 Å². The first-order valence-corrected chi connectivity index (χ1v) is 8.19. The van der Waals surface area contributed by atoms with Crippen LogP contribution in [0.5, 0.6) is 0 Å². The minimum atomic E-state index is -4.15. The van der Waals surface area contributed by atoms with Crippen LogP contribution in [0.1, 0.15) is 10.4 Å². The summed E-state index contributed by atoms with van der Waals surface area (Å²) in [6, 6.07) is 11.1. The molecule has 2 rings (SSSR count). The van der Waals surface area contributed by atoms with E-state index in [4.69, 9.17) is 0 Å². The van der Waals surface area contributed by atoms with Crippen LogP contribution in [0.3, 0.4) is 0 Å². The fourth-order valence-electron chi connectivity index (χ4n) is 1.89. The molecule has 2 aromatic rings. The van der Waals surface area contributed by atoms with Crippen molar-refractivity contribution in [2.75, 3.05) is 11.3 Å². The number of sulfonamides is 1. The first-order valence-electron chi connectivity index (χ1n) is 6.71. The van der Waals surface area contributed by atoms with Gasteiger partial charge in [0.2, 0.25) is 0 Å². The number of hydrogen-bond donors (Lipinski definition) is 2. The third-order valence-electron chi connectivity index (χ3n) is 2.95. The summed E-state index contributed by atoms with van der Waals surface area (Å²) < 4.78 is 40.6. The lowest BCUT2D eigenvalue weighted by atomic mass is 10.1. The lowest BCUT2D eigenvalue weighted by Gasteiger charge is -2.12. The SMILES string of the molecule is C=CCNC(=O)c1ccccc1NS(=O)(=O)c1ccccc1F. The van der Waals surface area contributed by atoms with Gasteiger partial charge in [0.1, 0.15) is 10.7 Å². The van der Waals surface area contributed by atoms with E-state index in [9.17, 15) is 17.6 Å². The quantitative estimate of drug-likeness (QED) is 0.797. The van der Waals surface area contributed by atoms with E-state index >= 15 is 0 Å². The number of rotatable bonds is 6. The molecule has 0 heterocycles. The Labute approximate surface area is 133 Å². The lowest BCUT2D eigenvalue weighted by Crippen LogP contribution is -2.25. The average molecular weight is 334 g/mol. The molecule has 0 saturated carbocycles. The molecule has 0 unspecified atom stereocenters. The Morgan fingerprint density at radius 3 is 2.48 bits per heavy atom. The summed E-state index contributed by atoms with van der Waals surface area (Å²) in [5, 5.41) is 2.56. The van der Waals surface area contributed by atoms with Crippen LogP contribution in [-0.4, -0.2) is 20.9 Å². The topological polar surface area (TPSA) is 75.3 Å². The number of halogens is 1. The molecule has 2 N–H and O–H groups in total. The Bertz CT molecular complexity index is 835. The number of carbonyl (C=O) groups excluding carboxylic acids is 1. The Kier molecular flexibility index (Phi) is 5.13. The van der Waals surface area contributed by atoms with Gasteiger partial charge in [0, 0.05) is 6.54 Å². The highest BCUT2D eigenvalue weighted by atomic mass is 32.2. The summed E-state index contributed by atoms with van der Waals surface area (Å²) in [5.74, 6) is -1.33. The summed E-state index contributed by atoms with van der Waals surface area (Å²) in [6.07, 6.45) is 1.50. The van der Waals surface area contributed by atoms with Crippen LogP contribution in [0.4, 0.5) is 10.1 Å². The fraction of sp³-hybridized carbons (Fsp3) is 0.0625.